The van der Waals surface area contributed by atoms with E-state index in [2.05, 4.69) is 6.07 Å². The third-order valence-corrected chi connectivity index (χ3v) is 3.52. The van der Waals surface area contributed by atoms with Crippen molar-refractivity contribution < 1.29 is 10.0 Å². The largest absolute Gasteiger partial charge is 0.489 e. The predicted molar refractivity (Wildman–Crippen MR) is 55.3 cm³/mol. The summed E-state index contributed by atoms with van der Waals surface area (Å²) in [4.78, 5) is 1.07. The Balaban J connectivity index is 2.46. The minimum absolute atomic E-state index is 0.655. The van der Waals surface area contributed by atoms with Crippen LogP contribution in [0.5, 0.6) is 0 Å². The van der Waals surface area contributed by atoms with Crippen LogP contribution in [0.25, 0.3) is 0 Å². The van der Waals surface area contributed by atoms with Crippen molar-refractivity contribution in [2.45, 2.75) is 17.7 Å². The SMILES string of the molecule is OB(O)c1cccc2c1SCCC2. The van der Waals surface area contributed by atoms with Gasteiger partial charge < -0.3 is 10.0 Å². The van der Waals surface area contributed by atoms with Gasteiger partial charge in [0.05, 0.1) is 0 Å². The minimum Gasteiger partial charge on any atom is -0.423 e. The first-order chi connectivity index (χ1) is 6.29. The van der Waals surface area contributed by atoms with E-state index in [4.69, 9.17) is 10.0 Å². The molecule has 68 valence electrons. The first kappa shape index (κ1) is 9.12. The minimum atomic E-state index is -1.33. The van der Waals surface area contributed by atoms with Crippen LogP contribution in [-0.4, -0.2) is 22.9 Å². The van der Waals surface area contributed by atoms with E-state index in [0.717, 1.165) is 17.1 Å². The molecule has 13 heavy (non-hydrogen) atoms. The average molecular weight is 194 g/mol. The van der Waals surface area contributed by atoms with Gasteiger partial charge in [0.15, 0.2) is 0 Å². The summed E-state index contributed by atoms with van der Waals surface area (Å²) in [6, 6.07) is 5.73. The lowest BCUT2D eigenvalue weighted by Gasteiger charge is -2.18. The second-order valence-corrected chi connectivity index (χ2v) is 4.27. The Labute approximate surface area is 82.1 Å². The lowest BCUT2D eigenvalue weighted by molar-refractivity contribution is 0.424. The molecule has 0 fully saturated rings. The molecule has 0 unspecified atom stereocenters. The molecule has 0 saturated heterocycles. The average Bonchev–Trinajstić information content (AvgIpc) is 2.17. The molecule has 2 rings (SSSR count). The number of hydrogen-bond donors (Lipinski definition) is 2. The summed E-state index contributed by atoms with van der Waals surface area (Å²) in [6.07, 6.45) is 2.24. The number of thioether (sulfide) groups is 1. The first-order valence-electron chi connectivity index (χ1n) is 4.40. The van der Waals surface area contributed by atoms with Gasteiger partial charge in [-0.05, 0) is 29.6 Å². The quantitative estimate of drug-likeness (QED) is 0.636. The van der Waals surface area contributed by atoms with Crippen molar-refractivity contribution in [2.24, 2.45) is 0 Å². The standard InChI is InChI=1S/C9H11BO2S/c11-10(12)8-5-1-3-7-4-2-6-13-9(7)8/h1,3,5,11-12H,2,4,6H2. The van der Waals surface area contributed by atoms with Crippen molar-refractivity contribution in [3.63, 3.8) is 0 Å². The maximum Gasteiger partial charge on any atom is 0.489 e. The molecule has 0 radical (unpaired) electrons. The molecular formula is C9H11BO2S. The lowest BCUT2D eigenvalue weighted by Crippen LogP contribution is -2.32. The predicted octanol–water partition coefficient (Wildman–Crippen LogP) is 0.405. The Bertz CT molecular complexity index is 314. The van der Waals surface area contributed by atoms with Crippen molar-refractivity contribution in [1.29, 1.82) is 0 Å². The number of aryl methyl sites for hydroxylation is 1. The highest BCUT2D eigenvalue weighted by molar-refractivity contribution is 7.99. The summed E-state index contributed by atoms with van der Waals surface area (Å²) in [5.41, 5.74) is 1.91. The van der Waals surface area contributed by atoms with Gasteiger partial charge in [-0.15, -0.1) is 11.8 Å². The maximum absolute atomic E-state index is 9.12. The Morgan fingerprint density at radius 3 is 2.92 bits per heavy atom. The van der Waals surface area contributed by atoms with Gasteiger partial charge in [0.2, 0.25) is 0 Å². The fourth-order valence-electron chi connectivity index (χ4n) is 1.62. The molecule has 2 nitrogen and oxygen atoms in total. The second-order valence-electron chi connectivity index (χ2n) is 3.16. The zero-order valence-electron chi connectivity index (χ0n) is 7.23. The summed E-state index contributed by atoms with van der Waals surface area (Å²) in [5.74, 6) is 1.08. The molecule has 1 aromatic rings. The summed E-state index contributed by atoms with van der Waals surface area (Å²) < 4.78 is 0. The monoisotopic (exact) mass is 194 g/mol. The zero-order chi connectivity index (χ0) is 9.26. The van der Waals surface area contributed by atoms with Crippen LogP contribution >= 0.6 is 11.8 Å². The van der Waals surface area contributed by atoms with Crippen LogP contribution in [0.4, 0.5) is 0 Å². The Kier molecular flexibility index (Phi) is 2.62. The molecule has 0 saturated carbocycles. The molecule has 1 aliphatic rings. The van der Waals surface area contributed by atoms with Gasteiger partial charge in [-0.25, -0.2) is 0 Å². The zero-order valence-corrected chi connectivity index (χ0v) is 8.05. The Hall–Kier alpha value is -0.445. The molecule has 0 spiro atoms. The number of hydrogen-bond acceptors (Lipinski definition) is 3. The maximum atomic E-state index is 9.12. The van der Waals surface area contributed by atoms with Crippen molar-refractivity contribution in [1.82, 2.24) is 0 Å². The van der Waals surface area contributed by atoms with Crippen molar-refractivity contribution in [2.75, 3.05) is 5.75 Å². The van der Waals surface area contributed by atoms with Crippen molar-refractivity contribution in [3.8, 4) is 0 Å². The van der Waals surface area contributed by atoms with Crippen LogP contribution < -0.4 is 5.46 Å². The molecule has 1 heterocycles. The molecule has 0 bridgehead atoms. The highest BCUT2D eigenvalue weighted by Gasteiger charge is 2.20. The normalized spacial score (nSPS) is 15.2. The van der Waals surface area contributed by atoms with E-state index in [9.17, 15) is 0 Å². The summed E-state index contributed by atoms with van der Waals surface area (Å²) in [5, 5.41) is 18.2. The Morgan fingerprint density at radius 1 is 1.31 bits per heavy atom. The number of benzene rings is 1. The molecule has 4 heteroatoms. The van der Waals surface area contributed by atoms with Crippen LogP contribution in [0.1, 0.15) is 12.0 Å². The van der Waals surface area contributed by atoms with Gasteiger partial charge >= 0.3 is 7.12 Å². The fourth-order valence-corrected chi connectivity index (χ4v) is 2.81. The summed E-state index contributed by atoms with van der Waals surface area (Å²) >= 11 is 1.72. The third kappa shape index (κ3) is 1.75. The molecule has 2 N–H and O–H groups in total. The lowest BCUT2D eigenvalue weighted by atomic mass is 9.79. The number of rotatable bonds is 1. The Morgan fingerprint density at radius 2 is 2.15 bits per heavy atom. The molecule has 1 aliphatic heterocycles. The molecule has 0 aromatic heterocycles. The molecule has 0 aliphatic carbocycles. The van der Waals surface area contributed by atoms with Gasteiger partial charge in [-0.3, -0.25) is 0 Å². The van der Waals surface area contributed by atoms with Gasteiger partial charge in [0.1, 0.15) is 0 Å². The van der Waals surface area contributed by atoms with Gasteiger partial charge in [-0.2, -0.15) is 0 Å². The van der Waals surface area contributed by atoms with Gasteiger partial charge in [-0.1, -0.05) is 18.2 Å². The second kappa shape index (κ2) is 3.74. The molecule has 0 atom stereocenters. The number of fused-ring (bicyclic) bond motifs is 1. The van der Waals surface area contributed by atoms with Gasteiger partial charge in [0, 0.05) is 4.90 Å². The molecular weight excluding hydrogens is 183 g/mol. The van der Waals surface area contributed by atoms with E-state index in [1.54, 1.807) is 17.8 Å². The van der Waals surface area contributed by atoms with Crippen LogP contribution in [-0.2, 0) is 6.42 Å². The third-order valence-electron chi connectivity index (χ3n) is 2.24. The van der Waals surface area contributed by atoms with E-state index >= 15 is 0 Å². The van der Waals surface area contributed by atoms with E-state index < -0.39 is 7.12 Å². The van der Waals surface area contributed by atoms with Crippen LogP contribution in [0.2, 0.25) is 0 Å². The van der Waals surface area contributed by atoms with Crippen LogP contribution in [0.15, 0.2) is 23.1 Å². The summed E-state index contributed by atoms with van der Waals surface area (Å²) in [6.45, 7) is 0. The highest BCUT2D eigenvalue weighted by Crippen LogP contribution is 2.28. The topological polar surface area (TPSA) is 40.5 Å². The van der Waals surface area contributed by atoms with Crippen LogP contribution in [0.3, 0.4) is 0 Å². The molecule has 0 amide bonds. The first-order valence-corrected chi connectivity index (χ1v) is 5.38. The van der Waals surface area contributed by atoms with E-state index in [1.165, 1.54) is 12.0 Å². The highest BCUT2D eigenvalue weighted by atomic mass is 32.2. The van der Waals surface area contributed by atoms with E-state index in [0.29, 0.717) is 5.46 Å². The van der Waals surface area contributed by atoms with Crippen molar-refractivity contribution >= 4 is 24.3 Å². The molecule has 1 aromatic carbocycles. The summed E-state index contributed by atoms with van der Waals surface area (Å²) in [7, 11) is -1.33. The fraction of sp³-hybridized carbons (Fsp3) is 0.333. The van der Waals surface area contributed by atoms with Crippen molar-refractivity contribution in [3.05, 3.63) is 23.8 Å². The van der Waals surface area contributed by atoms with E-state index in [1.807, 2.05) is 6.07 Å². The van der Waals surface area contributed by atoms with E-state index in [-0.39, 0.29) is 0 Å². The van der Waals surface area contributed by atoms with Crippen LogP contribution in [0, 0.1) is 0 Å². The smallest absolute Gasteiger partial charge is 0.423 e. The van der Waals surface area contributed by atoms with Gasteiger partial charge in [0.25, 0.3) is 0 Å².